The minimum absolute atomic E-state index is 0.0452. The van der Waals surface area contributed by atoms with Gasteiger partial charge < -0.3 is 18.9 Å². The second-order valence-corrected chi connectivity index (χ2v) is 10.7. The molecule has 0 aromatic heterocycles. The van der Waals surface area contributed by atoms with Gasteiger partial charge in [-0.2, -0.15) is 4.99 Å². The first-order valence-electron chi connectivity index (χ1n) is 12.4. The molecule has 38 heavy (non-hydrogen) atoms. The van der Waals surface area contributed by atoms with Crippen LogP contribution in [0.3, 0.4) is 0 Å². The number of carbonyl (C=O) groups is 2. The number of esters is 2. The van der Waals surface area contributed by atoms with E-state index in [1.165, 1.54) is 19.9 Å². The van der Waals surface area contributed by atoms with Crippen LogP contribution in [0.4, 0.5) is 0 Å². The van der Waals surface area contributed by atoms with Crippen molar-refractivity contribution < 1.29 is 33.3 Å². The Bertz CT molecular complexity index is 1160. The molecule has 0 heterocycles. The van der Waals surface area contributed by atoms with Crippen LogP contribution in [0.5, 0.6) is 11.5 Å². The molecule has 0 aliphatic rings. The highest BCUT2D eigenvalue weighted by Gasteiger charge is 2.25. The molecular formula is C29H36INO7. The van der Waals surface area contributed by atoms with Gasteiger partial charge in [0.15, 0.2) is 0 Å². The van der Waals surface area contributed by atoms with Crippen LogP contribution in [0, 0.1) is 13.8 Å². The lowest BCUT2D eigenvalue weighted by Crippen LogP contribution is -2.25. The Morgan fingerprint density at radius 2 is 1.47 bits per heavy atom. The third-order valence-electron chi connectivity index (χ3n) is 6.13. The minimum atomic E-state index is -0.624. The van der Waals surface area contributed by atoms with Crippen LogP contribution < -0.4 is 9.47 Å². The number of isocyanates is 1. The maximum absolute atomic E-state index is 11.4. The van der Waals surface area contributed by atoms with Gasteiger partial charge in [-0.3, -0.25) is 9.59 Å². The molecule has 0 unspecified atom stereocenters. The zero-order valence-corrected chi connectivity index (χ0v) is 25.0. The fraction of sp³-hybridized carbons (Fsp3) is 0.483. The summed E-state index contributed by atoms with van der Waals surface area (Å²) >= 11 is 2.26. The third-order valence-corrected chi connectivity index (χ3v) is 6.75. The Balaban J connectivity index is 2.13. The van der Waals surface area contributed by atoms with E-state index in [9.17, 15) is 14.4 Å². The van der Waals surface area contributed by atoms with Gasteiger partial charge in [0.1, 0.15) is 43.5 Å². The Morgan fingerprint density at radius 3 is 1.92 bits per heavy atom. The number of alkyl halides is 1. The maximum Gasteiger partial charge on any atom is 0.303 e. The zero-order valence-electron chi connectivity index (χ0n) is 22.8. The van der Waals surface area contributed by atoms with Crippen LogP contribution >= 0.6 is 22.6 Å². The first kappa shape index (κ1) is 31.3. The number of aliphatic imine (C=N–C) groups is 1. The van der Waals surface area contributed by atoms with E-state index in [0.29, 0.717) is 12.4 Å². The summed E-state index contributed by atoms with van der Waals surface area (Å²) in [4.78, 5) is 36.8. The van der Waals surface area contributed by atoms with Gasteiger partial charge in [0.05, 0.1) is 0 Å². The van der Waals surface area contributed by atoms with Crippen LogP contribution in [-0.2, 0) is 29.3 Å². The van der Waals surface area contributed by atoms with E-state index in [1.807, 2.05) is 32.0 Å². The highest BCUT2D eigenvalue weighted by atomic mass is 127. The molecule has 2 aromatic carbocycles. The van der Waals surface area contributed by atoms with E-state index in [0.717, 1.165) is 38.9 Å². The molecule has 206 valence electrons. The van der Waals surface area contributed by atoms with E-state index in [2.05, 4.69) is 59.6 Å². The summed E-state index contributed by atoms with van der Waals surface area (Å²) in [6.45, 7) is 11.3. The second kappa shape index (κ2) is 14.9. The summed E-state index contributed by atoms with van der Waals surface area (Å²) < 4.78 is 23.0. The molecule has 0 saturated carbocycles. The van der Waals surface area contributed by atoms with Gasteiger partial charge in [0.2, 0.25) is 6.08 Å². The smallest absolute Gasteiger partial charge is 0.303 e. The fourth-order valence-electron chi connectivity index (χ4n) is 3.88. The number of ether oxygens (including phenoxy) is 4. The van der Waals surface area contributed by atoms with Crippen LogP contribution in [-0.4, -0.2) is 54.4 Å². The van der Waals surface area contributed by atoms with Crippen molar-refractivity contribution in [3.05, 3.63) is 58.7 Å². The Labute approximate surface area is 238 Å². The number of hydrogen-bond donors (Lipinski definition) is 0. The third kappa shape index (κ3) is 9.44. The maximum atomic E-state index is 11.4. The summed E-state index contributed by atoms with van der Waals surface area (Å²) in [5.41, 5.74) is 3.86. The molecule has 0 radical (unpaired) electrons. The van der Waals surface area contributed by atoms with Gasteiger partial charge in [0.25, 0.3) is 0 Å². The quantitative estimate of drug-likeness (QED) is 0.0898. The molecule has 0 N–H and O–H groups in total. The molecule has 0 amide bonds. The van der Waals surface area contributed by atoms with Crippen molar-refractivity contribution in [2.24, 2.45) is 4.99 Å². The van der Waals surface area contributed by atoms with Crippen molar-refractivity contribution in [2.75, 3.05) is 24.2 Å². The molecule has 0 bridgehead atoms. The van der Waals surface area contributed by atoms with Crippen molar-refractivity contribution in [3.63, 3.8) is 0 Å². The fourth-order valence-corrected chi connectivity index (χ4v) is 4.57. The molecule has 9 heteroatoms. The van der Waals surface area contributed by atoms with Crippen molar-refractivity contribution in [1.82, 2.24) is 0 Å². The zero-order chi connectivity index (χ0) is 28.3. The average molecular weight is 638 g/mol. The predicted octanol–water partition coefficient (Wildman–Crippen LogP) is 5.41. The molecule has 2 atom stereocenters. The molecule has 0 aliphatic heterocycles. The number of rotatable bonds is 14. The highest BCUT2D eigenvalue weighted by molar-refractivity contribution is 14.1. The molecule has 0 fully saturated rings. The van der Waals surface area contributed by atoms with Gasteiger partial charge in [0, 0.05) is 23.7 Å². The SMILES string of the molecule is CC(=O)OC[C@H](COc1ccc(C(C)(C)c2ccc(OC[C@@H](CCI)OC(C)=O)c(C)c2)cc1C)N=C=O. The summed E-state index contributed by atoms with van der Waals surface area (Å²) in [6.07, 6.45) is 1.96. The van der Waals surface area contributed by atoms with Crippen LogP contribution in [0.1, 0.15) is 56.4 Å². The molecular weight excluding hydrogens is 601 g/mol. The minimum Gasteiger partial charge on any atom is -0.491 e. The summed E-state index contributed by atoms with van der Waals surface area (Å²) in [7, 11) is 0. The monoisotopic (exact) mass is 637 g/mol. The number of hydrogen-bond acceptors (Lipinski definition) is 8. The number of halogens is 1. The summed E-state index contributed by atoms with van der Waals surface area (Å²) in [6, 6.07) is 11.5. The lowest BCUT2D eigenvalue weighted by Gasteiger charge is -2.28. The first-order valence-corrected chi connectivity index (χ1v) is 13.9. The van der Waals surface area contributed by atoms with Gasteiger partial charge in [-0.1, -0.05) is 60.7 Å². The van der Waals surface area contributed by atoms with Crippen molar-refractivity contribution in [3.8, 4) is 11.5 Å². The first-order chi connectivity index (χ1) is 18.0. The van der Waals surface area contributed by atoms with Crippen LogP contribution in [0.25, 0.3) is 0 Å². The lowest BCUT2D eigenvalue weighted by molar-refractivity contribution is -0.148. The molecule has 2 rings (SSSR count). The lowest BCUT2D eigenvalue weighted by atomic mass is 9.77. The number of benzene rings is 2. The second-order valence-electron chi connectivity index (χ2n) is 9.59. The number of carbonyl (C=O) groups excluding carboxylic acids is 3. The Morgan fingerprint density at radius 1 is 0.921 bits per heavy atom. The predicted molar refractivity (Wildman–Crippen MR) is 153 cm³/mol. The van der Waals surface area contributed by atoms with Crippen LogP contribution in [0.15, 0.2) is 41.4 Å². The van der Waals surface area contributed by atoms with Gasteiger partial charge >= 0.3 is 11.9 Å². The van der Waals surface area contributed by atoms with E-state index in [4.69, 9.17) is 18.9 Å². The van der Waals surface area contributed by atoms with Crippen molar-refractivity contribution in [2.45, 2.75) is 65.5 Å². The molecule has 0 saturated heterocycles. The number of aryl methyl sites for hydroxylation is 2. The van der Waals surface area contributed by atoms with Gasteiger partial charge in [-0.05, 0) is 54.7 Å². The summed E-state index contributed by atoms with van der Waals surface area (Å²) in [5.74, 6) is 0.667. The largest absolute Gasteiger partial charge is 0.491 e. The van der Waals surface area contributed by atoms with E-state index in [-0.39, 0.29) is 30.7 Å². The van der Waals surface area contributed by atoms with Crippen molar-refractivity contribution >= 4 is 40.6 Å². The van der Waals surface area contributed by atoms with E-state index >= 15 is 0 Å². The van der Waals surface area contributed by atoms with E-state index in [1.54, 1.807) is 0 Å². The van der Waals surface area contributed by atoms with Gasteiger partial charge in [-0.25, -0.2) is 4.79 Å². The number of nitrogens with zero attached hydrogens (tertiary/aromatic N) is 1. The van der Waals surface area contributed by atoms with Crippen molar-refractivity contribution in [1.29, 1.82) is 0 Å². The molecule has 0 aliphatic carbocycles. The van der Waals surface area contributed by atoms with E-state index < -0.39 is 12.0 Å². The Hall–Kier alpha value is -2.91. The van der Waals surface area contributed by atoms with Crippen LogP contribution in [0.2, 0.25) is 0 Å². The topological polar surface area (TPSA) is 100 Å². The average Bonchev–Trinajstić information content (AvgIpc) is 2.85. The highest BCUT2D eigenvalue weighted by Crippen LogP contribution is 2.36. The molecule has 0 spiro atoms. The standard InChI is InChI=1S/C29H36INO7/c1-19-13-23(7-9-27(19)36-16-25(31-18-32)15-35-21(3)33)29(5,6)24-8-10-28(20(2)14-24)37-17-26(11-12-30)38-22(4)34/h7-10,13-14,25-26H,11-12,15-17H2,1-6H3/t25-,26-/m1/s1. The van der Waals surface area contributed by atoms with Gasteiger partial charge in [-0.15, -0.1) is 0 Å². The normalized spacial score (nSPS) is 12.6. The Kier molecular flexibility index (Phi) is 12.3. The summed E-state index contributed by atoms with van der Waals surface area (Å²) in [5, 5.41) is 0. The molecule has 2 aromatic rings. The molecule has 8 nitrogen and oxygen atoms in total.